The predicted octanol–water partition coefficient (Wildman–Crippen LogP) is 1.58. The number of benzene rings is 1. The summed E-state index contributed by atoms with van der Waals surface area (Å²) in [7, 11) is -0.734. The van der Waals surface area contributed by atoms with Crippen LogP contribution in [0.5, 0.6) is 11.5 Å². The van der Waals surface area contributed by atoms with Crippen LogP contribution in [0.4, 0.5) is 0 Å². The summed E-state index contributed by atoms with van der Waals surface area (Å²) in [5.41, 5.74) is 5.88. The number of hydrogen-bond donors (Lipinski definition) is 1. The zero-order valence-corrected chi connectivity index (χ0v) is 14.4. The zero-order chi connectivity index (χ0) is 15.6. The summed E-state index contributed by atoms with van der Waals surface area (Å²) in [4.78, 5) is 0.0964. The molecule has 21 heavy (non-hydrogen) atoms. The smallest absolute Gasteiger partial charge is 0.246 e. The summed E-state index contributed by atoms with van der Waals surface area (Å²) < 4.78 is 38.1. The summed E-state index contributed by atoms with van der Waals surface area (Å²) in [6.45, 7) is 0.793. The number of halogens is 1. The summed E-state index contributed by atoms with van der Waals surface area (Å²) >= 11 is 3.32. The van der Waals surface area contributed by atoms with Gasteiger partial charge in [-0.3, -0.25) is 0 Å². The molecule has 1 aromatic rings. The van der Waals surface area contributed by atoms with Crippen molar-refractivity contribution in [1.29, 1.82) is 0 Å². The van der Waals surface area contributed by atoms with Crippen molar-refractivity contribution in [3.05, 3.63) is 16.6 Å². The minimum absolute atomic E-state index is 0.0964. The van der Waals surface area contributed by atoms with Gasteiger partial charge in [0.1, 0.15) is 16.4 Å². The van der Waals surface area contributed by atoms with Crippen LogP contribution in [0.3, 0.4) is 0 Å². The highest BCUT2D eigenvalue weighted by atomic mass is 79.9. The number of methoxy groups -OCH3 is 2. The van der Waals surface area contributed by atoms with E-state index in [1.807, 2.05) is 0 Å². The Morgan fingerprint density at radius 2 is 1.95 bits per heavy atom. The van der Waals surface area contributed by atoms with Gasteiger partial charge in [0, 0.05) is 25.2 Å². The minimum Gasteiger partial charge on any atom is -0.496 e. The molecular weight excluding hydrogens is 360 g/mol. The fraction of sp³-hybridized carbons (Fsp3) is 0.538. The van der Waals surface area contributed by atoms with Crippen molar-refractivity contribution in [1.82, 2.24) is 4.31 Å². The number of piperidine rings is 1. The molecule has 2 rings (SSSR count). The highest BCUT2D eigenvalue weighted by Crippen LogP contribution is 2.37. The molecule has 0 aromatic heterocycles. The van der Waals surface area contributed by atoms with E-state index in [4.69, 9.17) is 15.2 Å². The van der Waals surface area contributed by atoms with Gasteiger partial charge in [-0.15, -0.1) is 0 Å². The lowest BCUT2D eigenvalue weighted by Gasteiger charge is -2.30. The Morgan fingerprint density at radius 1 is 1.29 bits per heavy atom. The van der Waals surface area contributed by atoms with Crippen LogP contribution in [-0.2, 0) is 10.0 Å². The predicted molar refractivity (Wildman–Crippen MR) is 83.2 cm³/mol. The average molecular weight is 379 g/mol. The van der Waals surface area contributed by atoms with Crippen molar-refractivity contribution in [2.24, 2.45) is 5.73 Å². The van der Waals surface area contributed by atoms with E-state index >= 15 is 0 Å². The Kier molecular flexibility index (Phi) is 5.13. The van der Waals surface area contributed by atoms with Gasteiger partial charge in [0.05, 0.1) is 18.7 Å². The van der Waals surface area contributed by atoms with E-state index in [1.54, 1.807) is 6.07 Å². The van der Waals surface area contributed by atoms with Crippen LogP contribution in [-0.4, -0.2) is 46.1 Å². The van der Waals surface area contributed by atoms with Gasteiger partial charge in [-0.2, -0.15) is 4.31 Å². The Bertz CT molecular complexity index is 621. The summed E-state index contributed by atoms with van der Waals surface area (Å²) in [5, 5.41) is 0. The molecule has 0 saturated carbocycles. The summed E-state index contributed by atoms with van der Waals surface area (Å²) in [5.74, 6) is 0.720. The molecule has 1 saturated heterocycles. The maximum absolute atomic E-state index is 12.8. The van der Waals surface area contributed by atoms with Crippen LogP contribution < -0.4 is 15.2 Å². The van der Waals surface area contributed by atoms with E-state index < -0.39 is 10.0 Å². The van der Waals surface area contributed by atoms with Crippen LogP contribution in [0.2, 0.25) is 0 Å². The van der Waals surface area contributed by atoms with Crippen molar-refractivity contribution in [3.8, 4) is 11.5 Å². The normalized spacial score (nSPS) is 20.3. The lowest BCUT2D eigenvalue weighted by atomic mass is 10.1. The van der Waals surface area contributed by atoms with Crippen LogP contribution in [0.25, 0.3) is 0 Å². The van der Waals surface area contributed by atoms with Crippen LogP contribution in [0, 0.1) is 0 Å². The van der Waals surface area contributed by atoms with Gasteiger partial charge in [0.25, 0.3) is 0 Å². The molecule has 1 atom stereocenters. The maximum atomic E-state index is 12.8. The lowest BCUT2D eigenvalue weighted by Crippen LogP contribution is -2.45. The van der Waals surface area contributed by atoms with Gasteiger partial charge in [-0.05, 0) is 34.8 Å². The molecule has 1 aliphatic rings. The van der Waals surface area contributed by atoms with Gasteiger partial charge >= 0.3 is 0 Å². The topological polar surface area (TPSA) is 81.9 Å². The van der Waals surface area contributed by atoms with Gasteiger partial charge in [-0.1, -0.05) is 0 Å². The fourth-order valence-corrected chi connectivity index (χ4v) is 4.54. The number of ether oxygens (including phenoxy) is 2. The van der Waals surface area contributed by atoms with Gasteiger partial charge < -0.3 is 15.2 Å². The molecular formula is C13H19BrN2O4S. The highest BCUT2D eigenvalue weighted by molar-refractivity contribution is 9.10. The fourth-order valence-electron chi connectivity index (χ4n) is 2.37. The molecule has 2 N–H and O–H groups in total. The number of hydrogen-bond acceptors (Lipinski definition) is 5. The van der Waals surface area contributed by atoms with Crippen LogP contribution in [0.15, 0.2) is 21.5 Å². The Hall–Kier alpha value is -0.830. The molecule has 8 heteroatoms. The number of sulfonamides is 1. The molecule has 0 amide bonds. The van der Waals surface area contributed by atoms with Crippen molar-refractivity contribution < 1.29 is 17.9 Å². The average Bonchev–Trinajstić information content (AvgIpc) is 2.46. The Labute approximate surface area is 133 Å². The largest absolute Gasteiger partial charge is 0.496 e. The molecule has 118 valence electrons. The first-order valence-corrected chi connectivity index (χ1v) is 8.80. The van der Waals surface area contributed by atoms with E-state index in [0.29, 0.717) is 23.3 Å². The second-order valence-electron chi connectivity index (χ2n) is 4.90. The molecule has 1 aliphatic heterocycles. The molecule has 0 spiro atoms. The third-order valence-corrected chi connectivity index (χ3v) is 5.98. The van der Waals surface area contributed by atoms with Gasteiger partial charge in [-0.25, -0.2) is 8.42 Å². The van der Waals surface area contributed by atoms with Crippen molar-refractivity contribution in [3.63, 3.8) is 0 Å². The summed E-state index contributed by atoms with van der Waals surface area (Å²) in [6.07, 6.45) is 1.60. The van der Waals surface area contributed by atoms with Gasteiger partial charge in [0.15, 0.2) is 0 Å². The van der Waals surface area contributed by atoms with Crippen molar-refractivity contribution >= 4 is 26.0 Å². The molecule has 1 unspecified atom stereocenters. The van der Waals surface area contributed by atoms with Gasteiger partial charge in [0.2, 0.25) is 10.0 Å². The highest BCUT2D eigenvalue weighted by Gasteiger charge is 2.32. The molecule has 0 bridgehead atoms. The van der Waals surface area contributed by atoms with Crippen molar-refractivity contribution in [2.45, 2.75) is 23.8 Å². The number of nitrogens with zero attached hydrogens (tertiary/aromatic N) is 1. The molecule has 1 aromatic carbocycles. The van der Waals surface area contributed by atoms with E-state index in [2.05, 4.69) is 15.9 Å². The quantitative estimate of drug-likeness (QED) is 0.859. The maximum Gasteiger partial charge on any atom is 0.246 e. The second-order valence-corrected chi connectivity index (χ2v) is 7.66. The molecule has 0 aliphatic carbocycles. The Balaban J connectivity index is 2.48. The molecule has 6 nitrogen and oxygen atoms in total. The number of nitrogens with two attached hydrogens (primary N) is 1. The Morgan fingerprint density at radius 3 is 2.52 bits per heavy atom. The number of rotatable bonds is 4. The van der Waals surface area contributed by atoms with E-state index in [-0.39, 0.29) is 16.7 Å². The first-order chi connectivity index (χ1) is 9.90. The molecule has 0 radical (unpaired) electrons. The second kappa shape index (κ2) is 6.51. The van der Waals surface area contributed by atoms with Crippen LogP contribution in [0.1, 0.15) is 12.8 Å². The lowest BCUT2D eigenvalue weighted by molar-refractivity contribution is 0.313. The minimum atomic E-state index is -3.66. The third-order valence-electron chi connectivity index (χ3n) is 3.48. The molecule has 1 heterocycles. The summed E-state index contributed by atoms with van der Waals surface area (Å²) in [6, 6.07) is 2.94. The monoisotopic (exact) mass is 378 g/mol. The van der Waals surface area contributed by atoms with E-state index in [0.717, 1.165) is 12.8 Å². The van der Waals surface area contributed by atoms with E-state index in [1.165, 1.54) is 24.6 Å². The standard InChI is InChI=1S/C13H19BrN2O4S/c1-19-11-7-13(12(20-2)6-10(11)14)21(17,18)16-5-3-4-9(15)8-16/h6-7,9H,3-5,8,15H2,1-2H3. The zero-order valence-electron chi connectivity index (χ0n) is 12.0. The SMILES string of the molecule is COc1cc(S(=O)(=O)N2CCCC(N)C2)c(OC)cc1Br. The first kappa shape index (κ1) is 16.5. The van der Waals surface area contributed by atoms with E-state index in [9.17, 15) is 8.42 Å². The first-order valence-electron chi connectivity index (χ1n) is 6.57. The van der Waals surface area contributed by atoms with Crippen LogP contribution >= 0.6 is 15.9 Å². The van der Waals surface area contributed by atoms with Crippen molar-refractivity contribution in [2.75, 3.05) is 27.3 Å². The molecule has 1 fully saturated rings. The third kappa shape index (κ3) is 3.33.